The lowest BCUT2D eigenvalue weighted by atomic mass is 10.1. The van der Waals surface area contributed by atoms with Crippen LogP contribution in [0.15, 0.2) is 30.3 Å². The van der Waals surface area contributed by atoms with Gasteiger partial charge in [-0.15, -0.1) is 0 Å². The first-order valence-corrected chi connectivity index (χ1v) is 6.56. The van der Waals surface area contributed by atoms with Crippen LogP contribution in [-0.2, 0) is 13.7 Å². The third-order valence-corrected chi connectivity index (χ3v) is 3.09. The van der Waals surface area contributed by atoms with Gasteiger partial charge in [0.2, 0.25) is 0 Å². The summed E-state index contributed by atoms with van der Waals surface area (Å²) in [6, 6.07) is 8.94. The van der Waals surface area contributed by atoms with Crippen molar-refractivity contribution in [3.63, 3.8) is 0 Å². The zero-order valence-electron chi connectivity index (χ0n) is 11.9. The first kappa shape index (κ1) is 14.3. The lowest BCUT2D eigenvalue weighted by molar-refractivity contribution is 0.101. The Morgan fingerprint density at radius 2 is 2.15 bits per heavy atom. The van der Waals surface area contributed by atoms with E-state index in [0.717, 1.165) is 11.3 Å². The first-order valence-electron chi connectivity index (χ1n) is 6.56. The normalized spacial score (nSPS) is 10.8. The molecule has 1 aromatic heterocycles. The van der Waals surface area contributed by atoms with Crippen LogP contribution in [0.4, 0.5) is 5.69 Å². The number of nitrogens with zero attached hydrogens (tertiary/aromatic N) is 2. The van der Waals surface area contributed by atoms with E-state index in [4.69, 9.17) is 5.11 Å². The van der Waals surface area contributed by atoms with E-state index in [1.165, 1.54) is 0 Å². The Morgan fingerprint density at radius 1 is 1.40 bits per heavy atom. The molecule has 5 heteroatoms. The lowest BCUT2D eigenvalue weighted by Gasteiger charge is -2.06. The number of anilines is 1. The van der Waals surface area contributed by atoms with Crippen molar-refractivity contribution in [3.8, 4) is 0 Å². The number of nitrogens with one attached hydrogen (secondary N) is 1. The van der Waals surface area contributed by atoms with Crippen LogP contribution in [0.3, 0.4) is 0 Å². The number of aliphatic hydroxyl groups excluding tert-OH is 1. The van der Waals surface area contributed by atoms with Gasteiger partial charge in [-0.05, 0) is 29.7 Å². The SMILES string of the molecule is CC(C)c1cc(C(=O)Nc2cccc(CO)c2)n(C)n1. The van der Waals surface area contributed by atoms with Crippen molar-refractivity contribution in [2.75, 3.05) is 5.32 Å². The fourth-order valence-electron chi connectivity index (χ4n) is 1.93. The Hall–Kier alpha value is -2.14. The monoisotopic (exact) mass is 273 g/mol. The summed E-state index contributed by atoms with van der Waals surface area (Å²) < 4.78 is 1.58. The van der Waals surface area contributed by atoms with Gasteiger partial charge in [0.25, 0.3) is 5.91 Å². The second kappa shape index (κ2) is 5.88. The Labute approximate surface area is 118 Å². The molecule has 0 radical (unpaired) electrons. The number of carbonyl (C=O) groups is 1. The minimum absolute atomic E-state index is 0.0487. The van der Waals surface area contributed by atoms with Crippen LogP contribution < -0.4 is 5.32 Å². The molecule has 2 aromatic rings. The second-order valence-corrected chi connectivity index (χ2v) is 5.05. The van der Waals surface area contributed by atoms with E-state index < -0.39 is 0 Å². The second-order valence-electron chi connectivity index (χ2n) is 5.05. The maximum atomic E-state index is 12.2. The van der Waals surface area contributed by atoms with Gasteiger partial charge in [0.1, 0.15) is 5.69 Å². The number of amides is 1. The van der Waals surface area contributed by atoms with E-state index in [9.17, 15) is 4.79 Å². The van der Waals surface area contributed by atoms with E-state index in [-0.39, 0.29) is 18.4 Å². The minimum atomic E-state index is -0.206. The molecule has 0 aliphatic carbocycles. The highest BCUT2D eigenvalue weighted by molar-refractivity contribution is 6.03. The molecule has 0 unspecified atom stereocenters. The summed E-state index contributed by atoms with van der Waals surface area (Å²) in [5, 5.41) is 16.2. The molecule has 0 aliphatic rings. The number of hydrogen-bond acceptors (Lipinski definition) is 3. The van der Waals surface area contributed by atoms with Gasteiger partial charge in [0.15, 0.2) is 0 Å². The Bertz CT molecular complexity index is 617. The Kier molecular flexibility index (Phi) is 4.20. The number of aryl methyl sites for hydroxylation is 1. The lowest BCUT2D eigenvalue weighted by Crippen LogP contribution is -2.16. The predicted octanol–water partition coefficient (Wildman–Crippen LogP) is 2.29. The average molecular weight is 273 g/mol. The van der Waals surface area contributed by atoms with Gasteiger partial charge >= 0.3 is 0 Å². The molecule has 0 spiro atoms. The number of aromatic nitrogens is 2. The Morgan fingerprint density at radius 3 is 2.75 bits per heavy atom. The predicted molar refractivity (Wildman–Crippen MR) is 77.6 cm³/mol. The van der Waals surface area contributed by atoms with Gasteiger partial charge in [-0.2, -0.15) is 5.10 Å². The van der Waals surface area contributed by atoms with Crippen LogP contribution in [0.1, 0.15) is 41.5 Å². The third kappa shape index (κ3) is 3.05. The molecule has 20 heavy (non-hydrogen) atoms. The van der Waals surface area contributed by atoms with Gasteiger partial charge < -0.3 is 10.4 Å². The smallest absolute Gasteiger partial charge is 0.273 e. The number of aliphatic hydroxyl groups is 1. The summed E-state index contributed by atoms with van der Waals surface area (Å²) in [4.78, 5) is 12.2. The molecule has 106 valence electrons. The maximum Gasteiger partial charge on any atom is 0.273 e. The summed E-state index contributed by atoms with van der Waals surface area (Å²) in [5.41, 5.74) is 2.83. The molecule has 2 rings (SSSR count). The zero-order valence-corrected chi connectivity index (χ0v) is 11.9. The van der Waals surface area contributed by atoms with E-state index >= 15 is 0 Å². The van der Waals surface area contributed by atoms with Crippen molar-refractivity contribution >= 4 is 11.6 Å². The average Bonchev–Trinajstić information content (AvgIpc) is 2.81. The van der Waals surface area contributed by atoms with Gasteiger partial charge in [-0.25, -0.2) is 0 Å². The highest BCUT2D eigenvalue weighted by atomic mass is 16.3. The molecule has 5 nitrogen and oxygen atoms in total. The molecule has 0 aliphatic heterocycles. The molecule has 1 aromatic carbocycles. The molecule has 0 atom stereocenters. The number of benzene rings is 1. The maximum absolute atomic E-state index is 12.2. The Balaban J connectivity index is 2.19. The minimum Gasteiger partial charge on any atom is -0.392 e. The molecule has 1 amide bonds. The molecule has 1 heterocycles. The van der Waals surface area contributed by atoms with Gasteiger partial charge in [-0.3, -0.25) is 9.48 Å². The van der Waals surface area contributed by atoms with Crippen molar-refractivity contribution in [1.82, 2.24) is 9.78 Å². The van der Waals surface area contributed by atoms with E-state index in [1.807, 2.05) is 13.8 Å². The first-order chi connectivity index (χ1) is 9.51. The van der Waals surface area contributed by atoms with E-state index in [0.29, 0.717) is 11.4 Å². The molecule has 0 fully saturated rings. The van der Waals surface area contributed by atoms with Crippen molar-refractivity contribution in [3.05, 3.63) is 47.3 Å². The largest absolute Gasteiger partial charge is 0.392 e. The van der Waals surface area contributed by atoms with Crippen molar-refractivity contribution in [2.45, 2.75) is 26.4 Å². The van der Waals surface area contributed by atoms with Gasteiger partial charge in [-0.1, -0.05) is 26.0 Å². The quantitative estimate of drug-likeness (QED) is 0.898. The molecule has 2 N–H and O–H groups in total. The van der Waals surface area contributed by atoms with E-state index in [1.54, 1.807) is 42.1 Å². The van der Waals surface area contributed by atoms with Crippen LogP contribution in [0.5, 0.6) is 0 Å². The third-order valence-electron chi connectivity index (χ3n) is 3.09. The van der Waals surface area contributed by atoms with Crippen LogP contribution in [0.25, 0.3) is 0 Å². The number of rotatable bonds is 4. The van der Waals surface area contributed by atoms with Gasteiger partial charge in [0.05, 0.1) is 12.3 Å². The highest BCUT2D eigenvalue weighted by Crippen LogP contribution is 2.16. The zero-order chi connectivity index (χ0) is 14.7. The number of hydrogen-bond donors (Lipinski definition) is 2. The molecule has 0 saturated carbocycles. The van der Waals surface area contributed by atoms with Crippen LogP contribution in [-0.4, -0.2) is 20.8 Å². The van der Waals surface area contributed by atoms with Crippen molar-refractivity contribution in [2.24, 2.45) is 7.05 Å². The summed E-state index contributed by atoms with van der Waals surface area (Å²) in [6.45, 7) is 4.02. The molecule has 0 bridgehead atoms. The van der Waals surface area contributed by atoms with Crippen LogP contribution >= 0.6 is 0 Å². The van der Waals surface area contributed by atoms with Crippen molar-refractivity contribution < 1.29 is 9.90 Å². The molecule has 0 saturated heterocycles. The number of carbonyl (C=O) groups excluding carboxylic acids is 1. The topological polar surface area (TPSA) is 67.2 Å². The molecular formula is C15H19N3O2. The van der Waals surface area contributed by atoms with Crippen LogP contribution in [0, 0.1) is 0 Å². The summed E-state index contributed by atoms with van der Waals surface area (Å²) >= 11 is 0. The highest BCUT2D eigenvalue weighted by Gasteiger charge is 2.15. The van der Waals surface area contributed by atoms with Crippen molar-refractivity contribution in [1.29, 1.82) is 0 Å². The van der Waals surface area contributed by atoms with Crippen LogP contribution in [0.2, 0.25) is 0 Å². The van der Waals surface area contributed by atoms with E-state index in [2.05, 4.69) is 10.4 Å². The van der Waals surface area contributed by atoms with Gasteiger partial charge in [0, 0.05) is 12.7 Å². The fourth-order valence-corrected chi connectivity index (χ4v) is 1.93. The summed E-state index contributed by atoms with van der Waals surface area (Å²) in [5.74, 6) is 0.0717. The molecular weight excluding hydrogens is 254 g/mol. The summed E-state index contributed by atoms with van der Waals surface area (Å²) in [6.07, 6.45) is 0. The standard InChI is InChI=1S/C15H19N3O2/c1-10(2)13-8-14(18(3)17-13)15(20)16-12-6-4-5-11(7-12)9-19/h4-8,10,19H,9H2,1-3H3,(H,16,20). The fraction of sp³-hybridized carbons (Fsp3) is 0.333. The summed E-state index contributed by atoms with van der Waals surface area (Å²) in [7, 11) is 1.75.